The van der Waals surface area contributed by atoms with Crippen LogP contribution in [-0.2, 0) is 19.6 Å². The number of halogens is 1. The second-order valence-corrected chi connectivity index (χ2v) is 13.6. The van der Waals surface area contributed by atoms with Crippen LogP contribution < -0.4 is 16.8 Å². The van der Waals surface area contributed by atoms with E-state index in [9.17, 15) is 22.8 Å². The van der Waals surface area contributed by atoms with Crippen molar-refractivity contribution >= 4 is 77.9 Å². The first-order valence-corrected chi connectivity index (χ1v) is 15.7. The fourth-order valence-electron chi connectivity index (χ4n) is 4.27. The number of hydrogen-bond donors (Lipinski definition) is 3. The summed E-state index contributed by atoms with van der Waals surface area (Å²) in [6.45, 7) is 1.33. The quantitative estimate of drug-likeness (QED) is 0.124. The van der Waals surface area contributed by atoms with Crippen LogP contribution >= 0.6 is 34.3 Å². The molecule has 1 aromatic carbocycles. The Balaban J connectivity index is 1.39. The van der Waals surface area contributed by atoms with Gasteiger partial charge in [0.1, 0.15) is 4.21 Å². The van der Waals surface area contributed by atoms with E-state index < -0.39 is 34.4 Å². The molecule has 1 aliphatic heterocycles. The molecule has 0 bridgehead atoms. The number of Topliss-reactive ketones (excluding diaryl/α,β-unsaturated/α-hetero) is 1. The molecular formula is C24H28ClN7O5S3. The Morgan fingerprint density at radius 1 is 1.27 bits per heavy atom. The van der Waals surface area contributed by atoms with Gasteiger partial charge in [-0.2, -0.15) is 4.31 Å². The molecule has 3 heterocycles. The van der Waals surface area contributed by atoms with E-state index in [4.69, 9.17) is 23.1 Å². The van der Waals surface area contributed by atoms with Crippen molar-refractivity contribution in [1.82, 2.24) is 19.5 Å². The molecule has 214 valence electrons. The Morgan fingerprint density at radius 2 is 2.05 bits per heavy atom. The number of sulfonamides is 1. The minimum absolute atomic E-state index is 0.0236. The Bertz CT molecular complexity index is 1550. The third-order valence-electron chi connectivity index (χ3n) is 6.29. The van der Waals surface area contributed by atoms with Crippen LogP contribution in [0.1, 0.15) is 28.2 Å². The number of aromatic nitrogens is 1. The molecule has 2 amide bonds. The number of thiophene rings is 1. The maximum atomic E-state index is 13.4. The monoisotopic (exact) mass is 625 g/mol. The summed E-state index contributed by atoms with van der Waals surface area (Å²) in [5.41, 5.74) is 11.3. The van der Waals surface area contributed by atoms with E-state index in [1.807, 2.05) is 0 Å². The van der Waals surface area contributed by atoms with Crippen LogP contribution in [0.3, 0.4) is 0 Å². The molecule has 0 radical (unpaired) electrons. The van der Waals surface area contributed by atoms with E-state index in [0.29, 0.717) is 17.0 Å². The number of piperazine rings is 1. The summed E-state index contributed by atoms with van der Waals surface area (Å²) in [6, 6.07) is 4.30. The summed E-state index contributed by atoms with van der Waals surface area (Å²) in [5.74, 6) is -1.48. The van der Waals surface area contributed by atoms with Gasteiger partial charge in [-0.15, -0.1) is 22.7 Å². The van der Waals surface area contributed by atoms with Gasteiger partial charge >= 0.3 is 0 Å². The standard InChI is InChI=1S/C24H28ClN7O5S3/c1-14-16-11-15(25)4-5-18(16)39-23(14)40(36,37)32-9-8-31(20(34)13-32)12-19(33)30-17(3-2-6-29-24(26)27)21(35)22-28-7-10-38-22/h4-5,7,10-11,17H,2-3,6,8-9,12-13H2,1H3,(H,30,33)(H4,26,27,29). The molecule has 2 aromatic heterocycles. The van der Waals surface area contributed by atoms with Gasteiger partial charge in [0.05, 0.1) is 19.1 Å². The SMILES string of the molecule is Cc1c(S(=O)(=O)N2CCN(CC(=O)NC(CCCN=C(N)N)C(=O)c3nccs3)C(=O)C2)sc2ccc(Cl)cc12. The van der Waals surface area contributed by atoms with Crippen LogP contribution in [0.25, 0.3) is 10.1 Å². The molecule has 0 spiro atoms. The molecule has 4 rings (SSSR count). The van der Waals surface area contributed by atoms with Crippen molar-refractivity contribution in [2.75, 3.05) is 32.7 Å². The minimum atomic E-state index is -3.94. The van der Waals surface area contributed by atoms with Gasteiger partial charge in [-0.25, -0.2) is 13.4 Å². The van der Waals surface area contributed by atoms with Crippen molar-refractivity contribution in [2.24, 2.45) is 16.5 Å². The minimum Gasteiger partial charge on any atom is -0.370 e. The summed E-state index contributed by atoms with van der Waals surface area (Å²) >= 11 is 8.37. The number of guanidine groups is 1. The number of fused-ring (bicyclic) bond motifs is 1. The molecule has 40 heavy (non-hydrogen) atoms. The van der Waals surface area contributed by atoms with Crippen LogP contribution in [0, 0.1) is 6.92 Å². The maximum absolute atomic E-state index is 13.4. The summed E-state index contributed by atoms with van der Waals surface area (Å²) in [7, 11) is -3.94. The first kappa shape index (κ1) is 29.9. The second-order valence-electron chi connectivity index (χ2n) is 9.08. The topological polar surface area (TPSA) is 181 Å². The van der Waals surface area contributed by atoms with E-state index in [1.54, 1.807) is 30.5 Å². The maximum Gasteiger partial charge on any atom is 0.253 e. The normalized spacial score (nSPS) is 15.2. The number of nitrogens with zero attached hydrogens (tertiary/aromatic N) is 4. The Morgan fingerprint density at radius 3 is 2.73 bits per heavy atom. The van der Waals surface area contributed by atoms with Crippen molar-refractivity contribution in [2.45, 2.75) is 30.0 Å². The van der Waals surface area contributed by atoms with E-state index >= 15 is 0 Å². The number of aryl methyl sites for hydroxylation is 1. The number of rotatable bonds is 11. The third-order valence-corrected chi connectivity index (χ3v) is 11.0. The fraction of sp³-hybridized carbons (Fsp3) is 0.375. The van der Waals surface area contributed by atoms with Crippen molar-refractivity contribution in [1.29, 1.82) is 0 Å². The lowest BCUT2D eigenvalue weighted by Crippen LogP contribution is -2.55. The number of nitrogens with one attached hydrogen (secondary N) is 1. The molecule has 1 atom stereocenters. The lowest BCUT2D eigenvalue weighted by molar-refractivity contribution is -0.138. The number of carbonyl (C=O) groups is 3. The van der Waals surface area contributed by atoms with E-state index in [1.165, 1.54) is 11.1 Å². The number of thiazole rings is 1. The highest BCUT2D eigenvalue weighted by Crippen LogP contribution is 2.37. The van der Waals surface area contributed by atoms with Crippen molar-refractivity contribution in [3.8, 4) is 0 Å². The number of aliphatic imine (C=N–C) groups is 1. The lowest BCUT2D eigenvalue weighted by Gasteiger charge is -2.33. The molecule has 1 saturated heterocycles. The van der Waals surface area contributed by atoms with E-state index in [-0.39, 0.29) is 53.6 Å². The molecule has 3 aromatic rings. The molecule has 1 unspecified atom stereocenters. The highest BCUT2D eigenvalue weighted by molar-refractivity contribution is 7.91. The average molecular weight is 626 g/mol. The van der Waals surface area contributed by atoms with Crippen molar-refractivity contribution < 1.29 is 22.8 Å². The van der Waals surface area contributed by atoms with Crippen molar-refractivity contribution in [3.05, 3.63) is 45.4 Å². The highest BCUT2D eigenvalue weighted by Gasteiger charge is 2.36. The van der Waals surface area contributed by atoms with Gasteiger partial charge in [0.15, 0.2) is 11.0 Å². The van der Waals surface area contributed by atoms with Gasteiger partial charge in [-0.3, -0.25) is 19.4 Å². The fourth-order valence-corrected chi connectivity index (χ4v) is 8.34. The van der Waals surface area contributed by atoms with Gasteiger partial charge < -0.3 is 21.7 Å². The number of carbonyl (C=O) groups excluding carboxylic acids is 3. The second kappa shape index (κ2) is 12.6. The zero-order valence-corrected chi connectivity index (χ0v) is 24.7. The molecule has 0 saturated carbocycles. The molecule has 0 aliphatic carbocycles. The first-order chi connectivity index (χ1) is 19.0. The van der Waals surface area contributed by atoms with Crippen LogP contribution in [0.2, 0.25) is 5.02 Å². The Hall–Kier alpha value is -3.11. The molecular weight excluding hydrogens is 598 g/mol. The molecule has 5 N–H and O–H groups in total. The number of amides is 2. The largest absolute Gasteiger partial charge is 0.370 e. The number of benzene rings is 1. The number of nitrogens with two attached hydrogens (primary N) is 2. The van der Waals surface area contributed by atoms with Gasteiger partial charge in [0, 0.05) is 40.9 Å². The zero-order valence-electron chi connectivity index (χ0n) is 21.5. The number of hydrogen-bond acceptors (Lipinski definition) is 9. The summed E-state index contributed by atoms with van der Waals surface area (Å²) in [6.07, 6.45) is 2.19. The summed E-state index contributed by atoms with van der Waals surface area (Å²) in [4.78, 5) is 47.9. The van der Waals surface area contributed by atoms with Crippen LogP contribution in [0.5, 0.6) is 0 Å². The molecule has 12 nitrogen and oxygen atoms in total. The summed E-state index contributed by atoms with van der Waals surface area (Å²) in [5, 5.41) is 5.85. The molecule has 1 aliphatic rings. The zero-order chi connectivity index (χ0) is 29.0. The van der Waals surface area contributed by atoms with Gasteiger partial charge in [0.2, 0.25) is 17.6 Å². The number of ketones is 1. The first-order valence-electron chi connectivity index (χ1n) is 12.2. The van der Waals surface area contributed by atoms with E-state index in [2.05, 4.69) is 15.3 Å². The predicted octanol–water partition coefficient (Wildman–Crippen LogP) is 1.57. The van der Waals surface area contributed by atoms with Crippen molar-refractivity contribution in [3.63, 3.8) is 0 Å². The van der Waals surface area contributed by atoms with Crippen LogP contribution in [-0.4, -0.2) is 84.9 Å². The van der Waals surface area contributed by atoms with E-state index in [0.717, 1.165) is 37.1 Å². The Kier molecular flexibility index (Phi) is 9.41. The Labute approximate surface area is 244 Å². The highest BCUT2D eigenvalue weighted by atomic mass is 35.5. The van der Waals surface area contributed by atoms with Gasteiger partial charge in [0.25, 0.3) is 10.0 Å². The lowest BCUT2D eigenvalue weighted by atomic mass is 10.1. The van der Waals surface area contributed by atoms with Gasteiger partial charge in [-0.05, 0) is 48.9 Å². The third kappa shape index (κ3) is 6.78. The molecule has 16 heteroatoms. The average Bonchev–Trinajstić information content (AvgIpc) is 3.55. The predicted molar refractivity (Wildman–Crippen MR) is 155 cm³/mol. The molecule has 1 fully saturated rings. The summed E-state index contributed by atoms with van der Waals surface area (Å²) < 4.78 is 28.9. The van der Waals surface area contributed by atoms with Crippen LogP contribution in [0.4, 0.5) is 0 Å². The van der Waals surface area contributed by atoms with Crippen LogP contribution in [0.15, 0.2) is 39.0 Å². The smallest absolute Gasteiger partial charge is 0.253 e. The van der Waals surface area contributed by atoms with Gasteiger partial charge in [-0.1, -0.05) is 11.6 Å².